The van der Waals surface area contributed by atoms with E-state index in [-0.39, 0.29) is 11.6 Å². The van der Waals surface area contributed by atoms with Crippen LogP contribution in [0.2, 0.25) is 0 Å². The summed E-state index contributed by atoms with van der Waals surface area (Å²) in [6, 6.07) is 1.89. The Bertz CT molecular complexity index is 501. The van der Waals surface area contributed by atoms with Crippen molar-refractivity contribution in [3.8, 4) is 5.75 Å². The molecule has 0 unspecified atom stereocenters. The molecule has 104 valence electrons. The summed E-state index contributed by atoms with van der Waals surface area (Å²) >= 11 is 0. The number of benzene rings is 1. The molecule has 1 aromatic carbocycles. The van der Waals surface area contributed by atoms with Crippen molar-refractivity contribution < 1.29 is 14.3 Å². The van der Waals surface area contributed by atoms with Crippen molar-refractivity contribution in [1.29, 1.82) is 0 Å². The molecule has 0 saturated heterocycles. The highest BCUT2D eigenvalue weighted by Crippen LogP contribution is 2.29. The zero-order valence-electron chi connectivity index (χ0n) is 12.4. The molecule has 0 aliphatic heterocycles. The van der Waals surface area contributed by atoms with Crippen LogP contribution in [0.15, 0.2) is 6.07 Å². The van der Waals surface area contributed by atoms with Crippen LogP contribution < -0.4 is 4.74 Å². The van der Waals surface area contributed by atoms with Gasteiger partial charge in [-0.1, -0.05) is 0 Å². The first-order chi connectivity index (χ1) is 8.88. The number of hydrogen-bond donors (Lipinski definition) is 0. The molecular weight excluding hydrogens is 240 g/mol. The number of methoxy groups -OCH3 is 1. The predicted molar refractivity (Wildman–Crippen MR) is 76.1 cm³/mol. The lowest BCUT2D eigenvalue weighted by molar-refractivity contribution is -0.117. The van der Waals surface area contributed by atoms with Gasteiger partial charge in [0.05, 0.1) is 7.11 Å². The largest absolute Gasteiger partial charge is 0.496 e. The maximum absolute atomic E-state index is 12.2. The van der Waals surface area contributed by atoms with E-state index in [1.54, 1.807) is 14.0 Å². The van der Waals surface area contributed by atoms with Crippen LogP contribution in [0.1, 0.15) is 53.2 Å². The molecule has 0 heterocycles. The third kappa shape index (κ3) is 3.66. The normalized spacial score (nSPS) is 10.4. The number of hydrogen-bond acceptors (Lipinski definition) is 3. The number of aryl methyl sites for hydroxylation is 1. The van der Waals surface area contributed by atoms with E-state index in [1.807, 2.05) is 26.8 Å². The van der Waals surface area contributed by atoms with Gasteiger partial charge in [-0.15, -0.1) is 0 Å². The van der Waals surface area contributed by atoms with Crippen LogP contribution >= 0.6 is 0 Å². The van der Waals surface area contributed by atoms with Gasteiger partial charge in [-0.25, -0.2) is 0 Å². The van der Waals surface area contributed by atoms with Crippen molar-refractivity contribution in [1.82, 2.24) is 0 Å². The smallest absolute Gasteiger partial charge is 0.163 e. The molecule has 0 radical (unpaired) electrons. The molecule has 0 bridgehead atoms. The molecule has 0 fully saturated rings. The second kappa shape index (κ2) is 6.50. The standard InChI is InChI=1S/C16H22O3/c1-10-9-14(12(3)13(4)16(10)19-5)15(18)8-6-7-11(2)17/h9H,6-8H2,1-5H3. The number of ketones is 2. The van der Waals surface area contributed by atoms with Crippen molar-refractivity contribution >= 4 is 11.6 Å². The fourth-order valence-corrected chi connectivity index (χ4v) is 2.29. The number of rotatable bonds is 6. The van der Waals surface area contributed by atoms with Gasteiger partial charge in [-0.05, 0) is 56.9 Å². The van der Waals surface area contributed by atoms with Crippen LogP contribution in [0.5, 0.6) is 5.75 Å². The third-order valence-corrected chi connectivity index (χ3v) is 3.46. The maximum atomic E-state index is 12.2. The first-order valence-corrected chi connectivity index (χ1v) is 6.56. The van der Waals surface area contributed by atoms with Gasteiger partial charge in [0.1, 0.15) is 11.5 Å². The van der Waals surface area contributed by atoms with Gasteiger partial charge in [-0.2, -0.15) is 0 Å². The zero-order chi connectivity index (χ0) is 14.6. The number of Topliss-reactive ketones (excluding diaryl/α,β-unsaturated/α-hetero) is 2. The Morgan fingerprint density at radius 2 is 1.74 bits per heavy atom. The summed E-state index contributed by atoms with van der Waals surface area (Å²) in [5.41, 5.74) is 3.70. The minimum absolute atomic E-state index is 0.104. The highest BCUT2D eigenvalue weighted by molar-refractivity contribution is 5.98. The number of carbonyl (C=O) groups excluding carboxylic acids is 2. The van der Waals surface area contributed by atoms with Crippen LogP contribution in [0.25, 0.3) is 0 Å². The van der Waals surface area contributed by atoms with Gasteiger partial charge in [0.2, 0.25) is 0 Å². The molecule has 0 N–H and O–H groups in total. The zero-order valence-corrected chi connectivity index (χ0v) is 12.4. The average molecular weight is 262 g/mol. The molecule has 3 nitrogen and oxygen atoms in total. The maximum Gasteiger partial charge on any atom is 0.163 e. The fourth-order valence-electron chi connectivity index (χ4n) is 2.29. The Morgan fingerprint density at radius 3 is 2.26 bits per heavy atom. The molecular formula is C16H22O3. The van der Waals surface area contributed by atoms with Gasteiger partial charge < -0.3 is 9.53 Å². The Morgan fingerprint density at radius 1 is 1.11 bits per heavy atom. The second-order valence-electron chi connectivity index (χ2n) is 5.00. The lowest BCUT2D eigenvalue weighted by atomic mass is 9.94. The van der Waals surface area contributed by atoms with Crippen LogP contribution in [-0.4, -0.2) is 18.7 Å². The van der Waals surface area contributed by atoms with Crippen LogP contribution in [0, 0.1) is 20.8 Å². The monoisotopic (exact) mass is 262 g/mol. The quantitative estimate of drug-likeness (QED) is 0.736. The molecule has 0 atom stereocenters. The molecule has 3 heteroatoms. The predicted octanol–water partition coefficient (Wildman–Crippen LogP) is 3.56. The van der Waals surface area contributed by atoms with E-state index in [0.29, 0.717) is 19.3 Å². The third-order valence-electron chi connectivity index (χ3n) is 3.46. The second-order valence-corrected chi connectivity index (χ2v) is 5.00. The highest BCUT2D eigenvalue weighted by Gasteiger charge is 2.15. The molecule has 1 aromatic rings. The van der Waals surface area contributed by atoms with Gasteiger partial charge in [-0.3, -0.25) is 4.79 Å². The summed E-state index contributed by atoms with van der Waals surface area (Å²) in [5.74, 6) is 1.08. The summed E-state index contributed by atoms with van der Waals surface area (Å²) in [5, 5.41) is 0. The van der Waals surface area contributed by atoms with E-state index in [0.717, 1.165) is 28.0 Å². The summed E-state index contributed by atoms with van der Waals surface area (Å²) < 4.78 is 5.35. The van der Waals surface area contributed by atoms with E-state index < -0.39 is 0 Å². The molecule has 0 aromatic heterocycles. The molecule has 0 aliphatic rings. The van der Waals surface area contributed by atoms with E-state index in [4.69, 9.17) is 4.74 Å². The van der Waals surface area contributed by atoms with E-state index in [9.17, 15) is 9.59 Å². The molecule has 1 rings (SSSR count). The van der Waals surface area contributed by atoms with Crippen LogP contribution in [-0.2, 0) is 4.79 Å². The summed E-state index contributed by atoms with van der Waals surface area (Å²) in [4.78, 5) is 23.1. The first-order valence-electron chi connectivity index (χ1n) is 6.56. The molecule has 0 spiro atoms. The molecule has 0 aliphatic carbocycles. The topological polar surface area (TPSA) is 43.4 Å². The first kappa shape index (κ1) is 15.4. The van der Waals surface area contributed by atoms with Gasteiger partial charge in [0, 0.05) is 18.4 Å². The van der Waals surface area contributed by atoms with Crippen LogP contribution in [0.3, 0.4) is 0 Å². The molecule has 0 saturated carbocycles. The minimum Gasteiger partial charge on any atom is -0.496 e. The SMILES string of the molecule is COc1c(C)cc(C(=O)CCCC(C)=O)c(C)c1C. The molecule has 19 heavy (non-hydrogen) atoms. The minimum atomic E-state index is 0.104. The van der Waals surface area contributed by atoms with Crippen molar-refractivity contribution in [3.63, 3.8) is 0 Å². The average Bonchev–Trinajstić information content (AvgIpc) is 2.33. The van der Waals surface area contributed by atoms with E-state index in [2.05, 4.69) is 0 Å². The highest BCUT2D eigenvalue weighted by atomic mass is 16.5. The van der Waals surface area contributed by atoms with Crippen molar-refractivity contribution in [2.24, 2.45) is 0 Å². The summed E-state index contributed by atoms with van der Waals surface area (Å²) in [6.45, 7) is 7.40. The Kier molecular flexibility index (Phi) is 5.28. The van der Waals surface area contributed by atoms with Crippen LogP contribution in [0.4, 0.5) is 0 Å². The lowest BCUT2D eigenvalue weighted by Crippen LogP contribution is -2.06. The molecule has 0 amide bonds. The van der Waals surface area contributed by atoms with Gasteiger partial charge >= 0.3 is 0 Å². The lowest BCUT2D eigenvalue weighted by Gasteiger charge is -2.15. The Labute approximate surface area is 115 Å². The number of ether oxygens (including phenoxy) is 1. The van der Waals surface area contributed by atoms with Gasteiger partial charge in [0.15, 0.2) is 5.78 Å². The Hall–Kier alpha value is -1.64. The van der Waals surface area contributed by atoms with Crippen molar-refractivity contribution in [2.75, 3.05) is 7.11 Å². The van der Waals surface area contributed by atoms with Crippen molar-refractivity contribution in [2.45, 2.75) is 47.0 Å². The van der Waals surface area contributed by atoms with Crippen molar-refractivity contribution in [3.05, 3.63) is 28.3 Å². The summed E-state index contributed by atoms with van der Waals surface area (Å²) in [7, 11) is 1.64. The van der Waals surface area contributed by atoms with E-state index in [1.165, 1.54) is 0 Å². The Balaban J connectivity index is 2.95. The summed E-state index contributed by atoms with van der Waals surface area (Å²) in [6.07, 6.45) is 1.52. The number of carbonyl (C=O) groups is 2. The van der Waals surface area contributed by atoms with Gasteiger partial charge in [0.25, 0.3) is 0 Å². The van der Waals surface area contributed by atoms with E-state index >= 15 is 0 Å². The fraction of sp³-hybridized carbons (Fsp3) is 0.500.